The molecule has 1 N–H and O–H groups in total. The molecule has 2 aromatic rings. The van der Waals surface area contributed by atoms with Gasteiger partial charge in [-0.15, -0.1) is 0 Å². The van der Waals surface area contributed by atoms with Gasteiger partial charge in [0, 0.05) is 30.5 Å². The van der Waals surface area contributed by atoms with Gasteiger partial charge in [-0.05, 0) is 42.2 Å². The van der Waals surface area contributed by atoms with Crippen LogP contribution in [0.5, 0.6) is 0 Å². The zero-order valence-corrected chi connectivity index (χ0v) is 13.2. The smallest absolute Gasteiger partial charge is 0.0444 e. The summed E-state index contributed by atoms with van der Waals surface area (Å²) in [7, 11) is 0. The SMILES string of the molecule is Cc1cc(CNC(C)C)ccc1N1CCc2ccccc21. The Morgan fingerprint density at radius 1 is 1.10 bits per heavy atom. The number of rotatable bonds is 4. The zero-order chi connectivity index (χ0) is 14.8. The topological polar surface area (TPSA) is 15.3 Å². The first-order valence-corrected chi connectivity index (χ1v) is 7.83. The molecule has 2 nitrogen and oxygen atoms in total. The van der Waals surface area contributed by atoms with E-state index in [1.54, 1.807) is 0 Å². The molecule has 21 heavy (non-hydrogen) atoms. The van der Waals surface area contributed by atoms with Gasteiger partial charge in [0.05, 0.1) is 0 Å². The maximum absolute atomic E-state index is 3.48. The molecule has 1 aliphatic heterocycles. The van der Waals surface area contributed by atoms with Gasteiger partial charge in [-0.25, -0.2) is 0 Å². The number of nitrogens with zero attached hydrogens (tertiary/aromatic N) is 1. The fourth-order valence-electron chi connectivity index (χ4n) is 3.04. The van der Waals surface area contributed by atoms with Crippen LogP contribution in [0.1, 0.15) is 30.5 Å². The fraction of sp³-hybridized carbons (Fsp3) is 0.368. The minimum absolute atomic E-state index is 0.524. The minimum Gasteiger partial charge on any atom is -0.341 e. The Kier molecular flexibility index (Phi) is 3.98. The van der Waals surface area contributed by atoms with Crippen LogP contribution < -0.4 is 10.2 Å². The molecule has 0 fully saturated rings. The third kappa shape index (κ3) is 2.96. The van der Waals surface area contributed by atoms with Crippen LogP contribution in [-0.2, 0) is 13.0 Å². The van der Waals surface area contributed by atoms with Crippen molar-refractivity contribution in [1.82, 2.24) is 5.32 Å². The quantitative estimate of drug-likeness (QED) is 0.903. The lowest BCUT2D eigenvalue weighted by atomic mass is 10.1. The largest absolute Gasteiger partial charge is 0.341 e. The van der Waals surface area contributed by atoms with E-state index in [9.17, 15) is 0 Å². The molecule has 0 aromatic heterocycles. The molecular formula is C19H24N2. The van der Waals surface area contributed by atoms with Crippen molar-refractivity contribution >= 4 is 11.4 Å². The highest BCUT2D eigenvalue weighted by atomic mass is 15.2. The van der Waals surface area contributed by atoms with Crippen molar-refractivity contribution in [3.05, 3.63) is 59.2 Å². The lowest BCUT2D eigenvalue weighted by Gasteiger charge is -2.22. The lowest BCUT2D eigenvalue weighted by molar-refractivity contribution is 0.588. The number of fused-ring (bicyclic) bond motifs is 1. The van der Waals surface area contributed by atoms with E-state index < -0.39 is 0 Å². The van der Waals surface area contributed by atoms with Gasteiger partial charge in [-0.1, -0.05) is 44.2 Å². The van der Waals surface area contributed by atoms with Crippen LogP contribution in [0.4, 0.5) is 11.4 Å². The first-order chi connectivity index (χ1) is 10.1. The van der Waals surface area contributed by atoms with Gasteiger partial charge >= 0.3 is 0 Å². The normalized spacial score (nSPS) is 13.8. The Labute approximate surface area is 127 Å². The molecule has 110 valence electrons. The second-order valence-electron chi connectivity index (χ2n) is 6.19. The van der Waals surface area contributed by atoms with Crippen LogP contribution in [0.25, 0.3) is 0 Å². The van der Waals surface area contributed by atoms with E-state index in [1.807, 2.05) is 0 Å². The summed E-state index contributed by atoms with van der Waals surface area (Å²) in [4.78, 5) is 2.45. The molecule has 0 aliphatic carbocycles. The Morgan fingerprint density at radius 3 is 2.67 bits per heavy atom. The second-order valence-corrected chi connectivity index (χ2v) is 6.19. The second kappa shape index (κ2) is 5.90. The van der Waals surface area contributed by atoms with E-state index in [2.05, 4.69) is 73.5 Å². The number of hydrogen-bond donors (Lipinski definition) is 1. The third-order valence-corrected chi connectivity index (χ3v) is 4.15. The third-order valence-electron chi connectivity index (χ3n) is 4.15. The Bertz CT molecular complexity index is 631. The summed E-state index contributed by atoms with van der Waals surface area (Å²) in [5.74, 6) is 0. The van der Waals surface area contributed by atoms with Gasteiger partial charge in [0.1, 0.15) is 0 Å². The summed E-state index contributed by atoms with van der Waals surface area (Å²) in [6.07, 6.45) is 1.15. The van der Waals surface area contributed by atoms with Crippen molar-refractivity contribution in [3.63, 3.8) is 0 Å². The molecule has 0 amide bonds. The van der Waals surface area contributed by atoms with Crippen molar-refractivity contribution in [2.45, 2.75) is 39.8 Å². The molecule has 2 aromatic carbocycles. The van der Waals surface area contributed by atoms with Crippen molar-refractivity contribution in [2.24, 2.45) is 0 Å². The molecule has 1 heterocycles. The standard InChI is InChI=1S/C19H24N2/c1-14(2)20-13-16-8-9-18(15(3)12-16)21-11-10-17-6-4-5-7-19(17)21/h4-9,12,14,20H,10-11,13H2,1-3H3. The average Bonchev–Trinajstić information content (AvgIpc) is 2.89. The molecule has 0 bridgehead atoms. The number of para-hydroxylation sites is 1. The van der Waals surface area contributed by atoms with E-state index in [0.717, 1.165) is 19.5 Å². The summed E-state index contributed by atoms with van der Waals surface area (Å²) in [6, 6.07) is 16.1. The summed E-state index contributed by atoms with van der Waals surface area (Å²) in [5, 5.41) is 3.48. The van der Waals surface area contributed by atoms with Gasteiger partial charge in [-0.2, -0.15) is 0 Å². The van der Waals surface area contributed by atoms with Crippen molar-refractivity contribution in [1.29, 1.82) is 0 Å². The molecule has 0 unspecified atom stereocenters. The van der Waals surface area contributed by atoms with Crippen molar-refractivity contribution in [2.75, 3.05) is 11.4 Å². The Balaban J connectivity index is 1.84. The summed E-state index contributed by atoms with van der Waals surface area (Å²) in [6.45, 7) is 8.61. The van der Waals surface area contributed by atoms with E-state index >= 15 is 0 Å². The first-order valence-electron chi connectivity index (χ1n) is 7.83. The molecule has 0 saturated carbocycles. The van der Waals surface area contributed by atoms with Crippen LogP contribution in [0.15, 0.2) is 42.5 Å². The predicted octanol–water partition coefficient (Wildman–Crippen LogP) is 4.19. The van der Waals surface area contributed by atoms with Gasteiger partial charge in [-0.3, -0.25) is 0 Å². The summed E-state index contributed by atoms with van der Waals surface area (Å²) < 4.78 is 0. The molecular weight excluding hydrogens is 256 g/mol. The molecule has 0 saturated heterocycles. The van der Waals surface area contributed by atoms with Crippen LogP contribution in [-0.4, -0.2) is 12.6 Å². The van der Waals surface area contributed by atoms with Crippen LogP contribution in [0, 0.1) is 6.92 Å². The van der Waals surface area contributed by atoms with E-state index in [4.69, 9.17) is 0 Å². The molecule has 0 radical (unpaired) electrons. The van der Waals surface area contributed by atoms with E-state index in [0.29, 0.717) is 6.04 Å². The predicted molar refractivity (Wildman–Crippen MR) is 90.3 cm³/mol. The highest BCUT2D eigenvalue weighted by molar-refractivity contribution is 5.72. The fourth-order valence-corrected chi connectivity index (χ4v) is 3.04. The van der Waals surface area contributed by atoms with Crippen LogP contribution in [0.2, 0.25) is 0 Å². The Morgan fingerprint density at radius 2 is 1.90 bits per heavy atom. The zero-order valence-electron chi connectivity index (χ0n) is 13.2. The highest BCUT2D eigenvalue weighted by Gasteiger charge is 2.20. The summed E-state index contributed by atoms with van der Waals surface area (Å²) in [5.41, 5.74) is 6.89. The van der Waals surface area contributed by atoms with Crippen molar-refractivity contribution < 1.29 is 0 Å². The van der Waals surface area contributed by atoms with E-state index in [1.165, 1.54) is 28.1 Å². The van der Waals surface area contributed by atoms with Gasteiger partial charge < -0.3 is 10.2 Å². The number of nitrogens with one attached hydrogen (secondary N) is 1. The number of hydrogen-bond acceptors (Lipinski definition) is 2. The first kappa shape index (κ1) is 14.2. The molecule has 2 heteroatoms. The maximum atomic E-state index is 3.48. The van der Waals surface area contributed by atoms with Crippen LogP contribution in [0.3, 0.4) is 0 Å². The number of benzene rings is 2. The average molecular weight is 280 g/mol. The highest BCUT2D eigenvalue weighted by Crippen LogP contribution is 2.36. The minimum atomic E-state index is 0.524. The molecule has 0 spiro atoms. The molecule has 3 rings (SSSR count). The van der Waals surface area contributed by atoms with E-state index in [-0.39, 0.29) is 0 Å². The molecule has 0 atom stereocenters. The van der Waals surface area contributed by atoms with Gasteiger partial charge in [0.2, 0.25) is 0 Å². The molecule has 1 aliphatic rings. The number of anilines is 2. The van der Waals surface area contributed by atoms with Gasteiger partial charge in [0.25, 0.3) is 0 Å². The lowest BCUT2D eigenvalue weighted by Crippen LogP contribution is -2.22. The number of aryl methyl sites for hydroxylation is 1. The maximum Gasteiger partial charge on any atom is 0.0444 e. The van der Waals surface area contributed by atoms with Crippen molar-refractivity contribution in [3.8, 4) is 0 Å². The monoisotopic (exact) mass is 280 g/mol. The van der Waals surface area contributed by atoms with Gasteiger partial charge in [0.15, 0.2) is 0 Å². The Hall–Kier alpha value is -1.80. The summed E-state index contributed by atoms with van der Waals surface area (Å²) >= 11 is 0. The van der Waals surface area contributed by atoms with Crippen LogP contribution >= 0.6 is 0 Å².